The fourth-order valence-corrected chi connectivity index (χ4v) is 5.67. The molecule has 194 valence electrons. The van der Waals surface area contributed by atoms with Crippen LogP contribution >= 0.6 is 0 Å². The first-order valence-corrected chi connectivity index (χ1v) is 12.5. The Kier molecular flexibility index (Phi) is 4.67. The average Bonchev–Trinajstić information content (AvgIpc) is 3.42. The number of nitrogens with zero attached hydrogens (tertiary/aromatic N) is 3. The molecule has 0 bridgehead atoms. The molecule has 4 amide bonds. The van der Waals surface area contributed by atoms with E-state index in [-0.39, 0.29) is 24.0 Å². The molecule has 1 atom stereocenters. The molecule has 1 aromatic carbocycles. The van der Waals surface area contributed by atoms with Gasteiger partial charge < -0.3 is 24.3 Å². The van der Waals surface area contributed by atoms with E-state index in [0.29, 0.717) is 47.6 Å². The van der Waals surface area contributed by atoms with Crippen molar-refractivity contribution in [2.45, 2.75) is 38.3 Å². The van der Waals surface area contributed by atoms with Gasteiger partial charge in [0.05, 0.1) is 25.0 Å². The number of hydrogen-bond donors (Lipinski definition) is 2. The number of methoxy groups -OCH3 is 1. The topological polar surface area (TPSA) is 117 Å². The number of furan rings is 1. The molecule has 1 saturated carbocycles. The Balaban J connectivity index is 1.31. The highest BCUT2D eigenvalue weighted by Gasteiger charge is 2.53. The number of carbonyl (C=O) groups excluding carboxylic acids is 3. The molecule has 2 aromatic heterocycles. The Bertz CT molecular complexity index is 1620. The Morgan fingerprint density at radius 1 is 1.18 bits per heavy atom. The molecule has 3 aromatic rings. The van der Waals surface area contributed by atoms with Gasteiger partial charge in [-0.05, 0) is 37.0 Å². The number of ether oxygens (including phenoxy) is 1. The van der Waals surface area contributed by atoms with Crippen molar-refractivity contribution in [3.05, 3.63) is 58.2 Å². The van der Waals surface area contributed by atoms with Crippen LogP contribution < -0.4 is 20.3 Å². The third-order valence-corrected chi connectivity index (χ3v) is 7.76. The maximum atomic E-state index is 15.4. The third-order valence-electron chi connectivity index (χ3n) is 7.76. The van der Waals surface area contributed by atoms with E-state index in [9.17, 15) is 14.4 Å². The van der Waals surface area contributed by atoms with Crippen LogP contribution in [0, 0.1) is 12.7 Å². The van der Waals surface area contributed by atoms with E-state index in [4.69, 9.17) is 9.15 Å². The predicted octanol–water partition coefficient (Wildman–Crippen LogP) is 3.08. The number of anilines is 1. The van der Waals surface area contributed by atoms with Crippen molar-refractivity contribution in [3.63, 3.8) is 0 Å². The van der Waals surface area contributed by atoms with Gasteiger partial charge in [0.25, 0.3) is 5.91 Å². The van der Waals surface area contributed by atoms with Crippen LogP contribution in [0.5, 0.6) is 5.75 Å². The average molecular weight is 518 g/mol. The number of pyridine rings is 1. The van der Waals surface area contributed by atoms with Crippen LogP contribution in [0.1, 0.15) is 41.8 Å². The van der Waals surface area contributed by atoms with Crippen molar-refractivity contribution in [1.29, 1.82) is 0 Å². The summed E-state index contributed by atoms with van der Waals surface area (Å²) in [4.78, 5) is 46.0. The highest BCUT2D eigenvalue weighted by Crippen LogP contribution is 2.47. The zero-order valence-corrected chi connectivity index (χ0v) is 20.8. The lowest BCUT2D eigenvalue weighted by Gasteiger charge is -2.31. The van der Waals surface area contributed by atoms with Crippen molar-refractivity contribution < 1.29 is 27.9 Å². The minimum atomic E-state index is -1.57. The molecule has 0 radical (unpaired) electrons. The largest absolute Gasteiger partial charge is 0.494 e. The van der Waals surface area contributed by atoms with Crippen LogP contribution in [0.15, 0.2) is 34.3 Å². The molecule has 2 saturated heterocycles. The van der Waals surface area contributed by atoms with Crippen molar-refractivity contribution >= 4 is 40.3 Å². The second-order valence-electron chi connectivity index (χ2n) is 10.1. The van der Waals surface area contributed by atoms with E-state index in [1.807, 2.05) is 17.9 Å². The maximum absolute atomic E-state index is 15.4. The molecule has 4 aliphatic rings. The number of hydrogen-bond acceptors (Lipinski definition) is 7. The van der Waals surface area contributed by atoms with Gasteiger partial charge in [-0.15, -0.1) is 0 Å². The fraction of sp³-hybridized carbons (Fsp3) is 0.333. The smallest absolute Gasteiger partial charge is 0.322 e. The third kappa shape index (κ3) is 3.17. The van der Waals surface area contributed by atoms with Gasteiger partial charge in [-0.1, -0.05) is 6.07 Å². The number of allylic oxidation sites excluding steroid dienone is 1. The number of imide groups is 1. The normalized spacial score (nSPS) is 22.1. The molecule has 3 fully saturated rings. The number of urea groups is 1. The number of β-lactam (4-membered cyclic amide) rings is 1. The molecule has 0 spiro atoms. The summed E-state index contributed by atoms with van der Waals surface area (Å²) in [5, 5.41) is 5.12. The molecule has 5 heterocycles. The first-order valence-electron chi connectivity index (χ1n) is 12.5. The monoisotopic (exact) mass is 517 g/mol. The molecule has 11 heteroatoms. The van der Waals surface area contributed by atoms with Gasteiger partial charge in [-0.2, -0.15) is 0 Å². The van der Waals surface area contributed by atoms with Gasteiger partial charge in [-0.3, -0.25) is 14.9 Å². The summed E-state index contributed by atoms with van der Waals surface area (Å²) < 4.78 is 26.8. The summed E-state index contributed by atoms with van der Waals surface area (Å²) in [5.41, 5.74) is 3.72. The lowest BCUT2D eigenvalue weighted by Crippen LogP contribution is -2.51. The summed E-state index contributed by atoms with van der Waals surface area (Å²) in [6.45, 7) is 2.80. The Hall–Kier alpha value is -4.41. The molecule has 10 nitrogen and oxygen atoms in total. The van der Waals surface area contributed by atoms with E-state index in [0.717, 1.165) is 29.7 Å². The highest BCUT2D eigenvalue weighted by molar-refractivity contribution is 6.08. The quantitative estimate of drug-likeness (QED) is 0.395. The van der Waals surface area contributed by atoms with Crippen molar-refractivity contribution in [3.8, 4) is 5.75 Å². The summed E-state index contributed by atoms with van der Waals surface area (Å²) in [6.07, 6.45) is 2.15. The van der Waals surface area contributed by atoms with Crippen LogP contribution in [0.2, 0.25) is 0 Å². The fourth-order valence-electron chi connectivity index (χ4n) is 5.67. The van der Waals surface area contributed by atoms with Crippen LogP contribution in [0.3, 0.4) is 0 Å². The number of rotatable bonds is 5. The van der Waals surface area contributed by atoms with Gasteiger partial charge in [0, 0.05) is 42.9 Å². The Morgan fingerprint density at radius 3 is 2.63 bits per heavy atom. The van der Waals surface area contributed by atoms with Gasteiger partial charge in [0.15, 0.2) is 22.7 Å². The number of halogens is 1. The Labute approximate surface area is 216 Å². The van der Waals surface area contributed by atoms with Crippen LogP contribution in [-0.2, 0) is 21.7 Å². The van der Waals surface area contributed by atoms with Crippen LogP contribution in [0.25, 0.3) is 16.8 Å². The van der Waals surface area contributed by atoms with Gasteiger partial charge in [0.1, 0.15) is 11.3 Å². The summed E-state index contributed by atoms with van der Waals surface area (Å²) >= 11 is 0. The summed E-state index contributed by atoms with van der Waals surface area (Å²) in [7, 11) is 1.43. The van der Waals surface area contributed by atoms with E-state index in [2.05, 4.69) is 15.6 Å². The Morgan fingerprint density at radius 2 is 2.00 bits per heavy atom. The zero-order valence-electron chi connectivity index (χ0n) is 20.8. The van der Waals surface area contributed by atoms with Crippen molar-refractivity contribution in [2.24, 2.45) is 0 Å². The summed E-state index contributed by atoms with van der Waals surface area (Å²) in [5.74, 6) is -0.624. The summed E-state index contributed by atoms with van der Waals surface area (Å²) in [6, 6.07) is 6.17. The lowest BCUT2D eigenvalue weighted by molar-refractivity contribution is -0.125. The molecule has 3 aliphatic heterocycles. The van der Waals surface area contributed by atoms with E-state index in [1.165, 1.54) is 7.11 Å². The number of carbonyl (C=O) groups is 3. The molecule has 38 heavy (non-hydrogen) atoms. The second kappa shape index (κ2) is 7.80. The number of benzene rings is 1. The van der Waals surface area contributed by atoms with Gasteiger partial charge in [-0.25, -0.2) is 14.2 Å². The molecule has 2 N–H and O–H groups in total. The lowest BCUT2D eigenvalue weighted by atomic mass is 9.95. The van der Waals surface area contributed by atoms with E-state index in [1.54, 1.807) is 23.1 Å². The second-order valence-corrected chi connectivity index (χ2v) is 10.1. The number of aryl methyl sites for hydroxylation is 1. The molecular weight excluding hydrogens is 493 g/mol. The van der Waals surface area contributed by atoms with Gasteiger partial charge in [0.2, 0.25) is 5.91 Å². The van der Waals surface area contributed by atoms with Gasteiger partial charge >= 0.3 is 6.03 Å². The molecule has 1 aliphatic carbocycles. The van der Waals surface area contributed by atoms with Crippen molar-refractivity contribution in [2.75, 3.05) is 25.1 Å². The number of aromatic nitrogens is 1. The maximum Gasteiger partial charge on any atom is 0.322 e. The first-order chi connectivity index (χ1) is 18.3. The minimum Gasteiger partial charge on any atom is -0.494 e. The standard InChI is InChI=1S/C27H24FN5O5/c1-13-17(33-8-7-21(33)34)10-19-16(29-13)9-20(38-19)27(25(35)30-26(36)31-27)12-32-11-15-5-6-18(37-2)23(28)22(15)24(32)14-3-4-14/h5-6,9-10H,3-4,7-8,11-12H2,1-2H3,(H2,30,31,35,36)/t27-/m0/s1. The minimum absolute atomic E-state index is 0.0121. The molecule has 0 unspecified atom stereocenters. The van der Waals surface area contributed by atoms with Crippen molar-refractivity contribution in [1.82, 2.24) is 20.5 Å². The molecular formula is C27H24FN5O5. The number of nitrogens with one attached hydrogen (secondary N) is 2. The number of amides is 4. The zero-order chi connectivity index (χ0) is 26.3. The highest BCUT2D eigenvalue weighted by atomic mass is 19.1. The van der Waals surface area contributed by atoms with E-state index < -0.39 is 23.3 Å². The predicted molar refractivity (Wildman–Crippen MR) is 134 cm³/mol. The SMILES string of the molecule is COc1ccc2c(c1F)C(=C1CC1)N(C[C@@]1(c3cc4nc(C)c(N5CCC5=O)cc4o3)NC(=O)NC1=O)C2. The number of fused-ring (bicyclic) bond motifs is 2. The first kappa shape index (κ1) is 22.8. The van der Waals surface area contributed by atoms with E-state index >= 15 is 4.39 Å². The van der Waals surface area contributed by atoms with Crippen LogP contribution in [-0.4, -0.2) is 47.9 Å². The molecule has 7 rings (SSSR count). The van der Waals surface area contributed by atoms with Crippen LogP contribution in [0.4, 0.5) is 14.9 Å².